The van der Waals surface area contributed by atoms with Crippen LogP contribution >= 0.6 is 0 Å². The minimum atomic E-state index is -0.936. The van der Waals surface area contributed by atoms with Gasteiger partial charge in [-0.2, -0.15) is 0 Å². The fourth-order valence-corrected chi connectivity index (χ4v) is 11.1. The van der Waals surface area contributed by atoms with Gasteiger partial charge in [-0.25, -0.2) is 0 Å². The third-order valence-electron chi connectivity index (χ3n) is 16.6. The van der Waals surface area contributed by atoms with E-state index in [1.165, 1.54) is 103 Å². The highest BCUT2D eigenvalue weighted by Crippen LogP contribution is 2.14. The normalized spacial score (nSPS) is 16.3. The first-order valence-electron chi connectivity index (χ1n) is 36.7. The molecule has 524 valence electrons. The molecule has 1 heterocycles. The minimum Gasteiger partial charge on any atom is -0.463 e. The fourth-order valence-electron chi connectivity index (χ4n) is 11.1. The monoisotopic (exact) mass is 1270 g/mol. The van der Waals surface area contributed by atoms with E-state index in [9.17, 15) is 39.6 Å². The van der Waals surface area contributed by atoms with E-state index in [1.54, 1.807) is 0 Å². The van der Waals surface area contributed by atoms with Gasteiger partial charge in [0.15, 0.2) is 0 Å². The zero-order chi connectivity index (χ0) is 65.6. The van der Waals surface area contributed by atoms with Crippen LogP contribution in [0.3, 0.4) is 0 Å². The van der Waals surface area contributed by atoms with Crippen LogP contribution in [-0.2, 0) is 38.1 Å². The van der Waals surface area contributed by atoms with Crippen LogP contribution in [0.15, 0.2) is 48.6 Å². The maximum atomic E-state index is 12.8. The quantitative estimate of drug-likeness (QED) is 0.0194. The van der Waals surface area contributed by atoms with Crippen LogP contribution in [0.2, 0.25) is 0 Å². The molecule has 0 spiro atoms. The average Bonchev–Trinajstić information content (AvgIpc) is 3.71. The van der Waals surface area contributed by atoms with E-state index in [2.05, 4.69) is 95.9 Å². The van der Waals surface area contributed by atoms with Gasteiger partial charge in [0.2, 0.25) is 0 Å². The van der Waals surface area contributed by atoms with Crippen molar-refractivity contribution in [3.05, 3.63) is 48.6 Å². The van der Waals surface area contributed by atoms with E-state index in [1.807, 2.05) is 0 Å². The summed E-state index contributed by atoms with van der Waals surface area (Å²) in [6.45, 7) is 13.7. The van der Waals surface area contributed by atoms with Crippen molar-refractivity contribution in [2.24, 2.45) is 0 Å². The number of hydrogen-bond donors (Lipinski definition) is 4. The minimum absolute atomic E-state index is 0.123. The van der Waals surface area contributed by atoms with Crippen molar-refractivity contribution in [2.75, 3.05) is 105 Å². The molecular formula is C74H136N4O12. The number of unbranched alkanes of at least 4 members (excludes halogenated alkanes) is 24. The van der Waals surface area contributed by atoms with Crippen LogP contribution < -0.4 is 0 Å². The topological polar surface area (TPSA) is 199 Å². The predicted molar refractivity (Wildman–Crippen MR) is 368 cm³/mol. The van der Waals surface area contributed by atoms with Crippen molar-refractivity contribution in [1.29, 1.82) is 0 Å². The molecule has 1 fully saturated rings. The number of aliphatic hydroxyl groups is 4. The fraction of sp³-hybridized carbons (Fsp3) is 0.838. The maximum Gasteiger partial charge on any atom is 0.305 e. The second kappa shape index (κ2) is 62.9. The molecule has 16 heteroatoms. The first-order valence-corrected chi connectivity index (χ1v) is 36.7. The highest BCUT2D eigenvalue weighted by atomic mass is 16.6. The molecule has 1 rings (SSSR count). The van der Waals surface area contributed by atoms with Gasteiger partial charge in [-0.1, -0.05) is 153 Å². The van der Waals surface area contributed by atoms with Crippen molar-refractivity contribution in [2.45, 2.75) is 296 Å². The Morgan fingerprint density at radius 3 is 0.667 bits per heavy atom. The lowest BCUT2D eigenvalue weighted by Gasteiger charge is -2.34. The first kappa shape index (κ1) is 84.5. The maximum absolute atomic E-state index is 12.8. The van der Waals surface area contributed by atoms with Crippen molar-refractivity contribution in [3.8, 4) is 0 Å². The van der Waals surface area contributed by atoms with Crippen molar-refractivity contribution < 1.29 is 58.6 Å². The van der Waals surface area contributed by atoms with Crippen LogP contribution in [0.1, 0.15) is 272 Å². The second-order valence-electron chi connectivity index (χ2n) is 25.5. The summed E-state index contributed by atoms with van der Waals surface area (Å²) < 4.78 is 22.4. The number of aliphatic hydroxyl groups excluding tert-OH is 4. The summed E-state index contributed by atoms with van der Waals surface area (Å²) in [6.07, 6.45) is 50.9. The molecule has 4 unspecified atom stereocenters. The second-order valence-corrected chi connectivity index (χ2v) is 25.5. The number of carbonyl (C=O) groups is 4. The Morgan fingerprint density at radius 2 is 0.478 bits per heavy atom. The molecule has 1 aliphatic rings. The van der Waals surface area contributed by atoms with Gasteiger partial charge in [0.1, 0.15) is 50.8 Å². The molecule has 0 aromatic carbocycles. The Kier molecular flexibility index (Phi) is 59.1. The van der Waals surface area contributed by atoms with E-state index in [-0.39, 0.29) is 76.5 Å². The number of nitrogens with zero attached hydrogens (tertiary/aromatic N) is 4. The lowest BCUT2D eigenvalue weighted by atomic mass is 10.1. The highest BCUT2D eigenvalue weighted by Gasteiger charge is 2.23. The molecular weight excluding hydrogens is 1140 g/mol. The van der Waals surface area contributed by atoms with Gasteiger partial charge >= 0.3 is 23.9 Å². The SMILES string of the molecule is CCCCCC/C=C\CCCCC(=O)OCC(O)CN1CCCN(CC(O)COC(=O)CCCC/C=C\CCCCCC)CCN(CC(O)COC(=O)CCCC/C=C\CCCCCC)CCCN(CC(O)COC(=O)CCCC/C=C\CCCCCC)CC1. The number of carbonyl (C=O) groups excluding carboxylic acids is 4. The molecule has 0 saturated carbocycles. The molecule has 0 bridgehead atoms. The van der Waals surface area contributed by atoms with Gasteiger partial charge in [0.05, 0.1) is 0 Å². The van der Waals surface area contributed by atoms with Crippen LogP contribution in [0, 0.1) is 0 Å². The Hall–Kier alpha value is -3.48. The lowest BCUT2D eigenvalue weighted by Crippen LogP contribution is -2.47. The largest absolute Gasteiger partial charge is 0.463 e. The Bertz CT molecular complexity index is 1550. The molecule has 0 radical (unpaired) electrons. The molecule has 0 aromatic heterocycles. The van der Waals surface area contributed by atoms with Crippen molar-refractivity contribution in [1.82, 2.24) is 19.6 Å². The van der Waals surface area contributed by atoms with Gasteiger partial charge in [-0.05, 0) is 167 Å². The van der Waals surface area contributed by atoms with E-state index in [4.69, 9.17) is 18.9 Å². The first-order chi connectivity index (χ1) is 43.9. The number of β-amino-alcohol motifs (C(OH)–C–C–N with tert-alkyl or cyclic N) is 4. The van der Waals surface area contributed by atoms with E-state index in [0.29, 0.717) is 90.9 Å². The zero-order valence-corrected chi connectivity index (χ0v) is 58.0. The summed E-state index contributed by atoms with van der Waals surface area (Å²) in [7, 11) is 0. The summed E-state index contributed by atoms with van der Waals surface area (Å²) in [4.78, 5) is 59.8. The third-order valence-corrected chi connectivity index (χ3v) is 16.6. The molecule has 16 nitrogen and oxygen atoms in total. The van der Waals surface area contributed by atoms with Crippen LogP contribution in [0.25, 0.3) is 0 Å². The predicted octanol–water partition coefficient (Wildman–Crippen LogP) is 14.0. The summed E-state index contributed by atoms with van der Waals surface area (Å²) >= 11 is 0. The van der Waals surface area contributed by atoms with Crippen LogP contribution in [0.5, 0.6) is 0 Å². The average molecular weight is 1270 g/mol. The molecule has 90 heavy (non-hydrogen) atoms. The van der Waals surface area contributed by atoms with E-state index in [0.717, 1.165) is 103 Å². The molecule has 4 atom stereocenters. The van der Waals surface area contributed by atoms with Crippen LogP contribution in [0.4, 0.5) is 0 Å². The Balaban J connectivity index is 3.15. The Morgan fingerprint density at radius 1 is 0.289 bits per heavy atom. The van der Waals surface area contributed by atoms with Gasteiger partial charge < -0.3 is 39.4 Å². The number of rotatable bonds is 56. The zero-order valence-electron chi connectivity index (χ0n) is 58.0. The summed E-state index contributed by atoms with van der Waals surface area (Å²) in [5, 5.41) is 45.4. The van der Waals surface area contributed by atoms with Crippen LogP contribution in [-0.4, -0.2) is 193 Å². The highest BCUT2D eigenvalue weighted by molar-refractivity contribution is 5.70. The van der Waals surface area contributed by atoms with Crippen molar-refractivity contribution >= 4 is 23.9 Å². The van der Waals surface area contributed by atoms with Gasteiger partial charge in [0, 0.05) is 78.0 Å². The molecule has 0 aromatic rings. The summed E-state index contributed by atoms with van der Waals surface area (Å²) in [5.74, 6) is -1.29. The molecule has 1 aliphatic heterocycles. The number of esters is 4. The summed E-state index contributed by atoms with van der Waals surface area (Å²) in [6, 6.07) is 0. The van der Waals surface area contributed by atoms with E-state index >= 15 is 0 Å². The number of ether oxygens (including phenoxy) is 4. The molecule has 0 amide bonds. The van der Waals surface area contributed by atoms with Crippen molar-refractivity contribution in [3.63, 3.8) is 0 Å². The van der Waals surface area contributed by atoms with Gasteiger partial charge in [-0.3, -0.25) is 38.8 Å². The van der Waals surface area contributed by atoms with Gasteiger partial charge in [-0.15, -0.1) is 0 Å². The summed E-state index contributed by atoms with van der Waals surface area (Å²) in [5.41, 5.74) is 0. The number of hydrogen-bond acceptors (Lipinski definition) is 16. The molecule has 4 N–H and O–H groups in total. The third kappa shape index (κ3) is 56.1. The van der Waals surface area contributed by atoms with E-state index < -0.39 is 24.4 Å². The molecule has 0 aliphatic carbocycles. The Labute approximate surface area is 549 Å². The smallest absolute Gasteiger partial charge is 0.305 e. The van der Waals surface area contributed by atoms with Gasteiger partial charge in [0.25, 0.3) is 0 Å². The standard InChI is InChI=1S/C74H136N4O12/c1-5-9-13-17-21-25-29-33-37-41-47-71(83)87-63-67(79)59-75-51-45-52-77(61-69(81)65-89-73(85)49-43-39-35-31-27-23-19-15-11-7-3)57-58-78(62-70(82)66-90-74(86)50-44-40-36-32-28-24-20-16-12-8-4)54-46-53-76(56-55-75)60-68(80)64-88-72(84)48-42-38-34-30-26-22-18-14-10-6-2/h25-32,67-70,79-82H,5-24,33-66H2,1-4H3/b29-25-,30-26-,31-27-,32-28-. The lowest BCUT2D eigenvalue weighted by molar-refractivity contribution is -0.148. The molecule has 1 saturated heterocycles. The number of allylic oxidation sites excluding steroid dienone is 8.